The van der Waals surface area contributed by atoms with Crippen LogP contribution < -0.4 is 18.9 Å². The minimum Gasteiger partial charge on any atom is -0.726 e. The zero-order valence-electron chi connectivity index (χ0n) is 27.6. The van der Waals surface area contributed by atoms with Gasteiger partial charge in [0, 0.05) is 62.8 Å². The molecule has 46 heavy (non-hydrogen) atoms. The van der Waals surface area contributed by atoms with Gasteiger partial charge < -0.3 is 14.4 Å². The second kappa shape index (κ2) is 18.6. The molecule has 0 aliphatic rings. The van der Waals surface area contributed by atoms with Gasteiger partial charge in [-0.25, -0.2) is 17.6 Å². The molecular formula is C37H47N4O4S+. The van der Waals surface area contributed by atoms with Crippen molar-refractivity contribution < 1.29 is 26.3 Å². The predicted octanol–water partition coefficient (Wildman–Crippen LogP) is 5.90. The van der Waals surface area contributed by atoms with Gasteiger partial charge in [-0.05, 0) is 59.4 Å². The van der Waals surface area contributed by atoms with Gasteiger partial charge in [0.05, 0.1) is 7.11 Å². The molecule has 0 N–H and O–H groups in total. The maximum absolute atomic E-state index is 9.22. The Hall–Kier alpha value is -4.31. The van der Waals surface area contributed by atoms with Crippen LogP contribution in [-0.2, 0) is 28.7 Å². The Morgan fingerprint density at radius 3 is 1.15 bits per heavy atom. The summed E-state index contributed by atoms with van der Waals surface area (Å²) in [6.07, 6.45) is 21.9. The van der Waals surface area contributed by atoms with Gasteiger partial charge in [-0.15, -0.1) is 0 Å². The van der Waals surface area contributed by atoms with Gasteiger partial charge in [0.15, 0.2) is 24.8 Å². The zero-order valence-corrected chi connectivity index (χ0v) is 28.4. The average Bonchev–Trinajstić information content (AvgIpc) is 3.06. The Kier molecular flexibility index (Phi) is 14.6. The molecule has 2 heterocycles. The lowest BCUT2D eigenvalue weighted by atomic mass is 10.1. The van der Waals surface area contributed by atoms with Crippen LogP contribution >= 0.6 is 0 Å². The van der Waals surface area contributed by atoms with Crippen LogP contribution in [0.15, 0.2) is 97.6 Å². The molecule has 0 bridgehead atoms. The van der Waals surface area contributed by atoms with E-state index in [4.69, 9.17) is 0 Å². The first-order valence-electron chi connectivity index (χ1n) is 15.4. The molecule has 2 aromatic carbocycles. The fourth-order valence-electron chi connectivity index (χ4n) is 4.62. The van der Waals surface area contributed by atoms with E-state index < -0.39 is 10.4 Å². The Labute approximate surface area is 275 Å². The molecule has 0 aliphatic carbocycles. The summed E-state index contributed by atoms with van der Waals surface area (Å²) in [5, 5.41) is 0. The number of nitrogens with zero attached hydrogens (tertiary/aromatic N) is 4. The number of pyridine rings is 2. The molecule has 0 fully saturated rings. The molecule has 4 aromatic rings. The Morgan fingerprint density at radius 2 is 0.870 bits per heavy atom. The van der Waals surface area contributed by atoms with Crippen molar-refractivity contribution in [2.24, 2.45) is 14.1 Å². The number of hydrogen-bond acceptors (Lipinski definition) is 6. The van der Waals surface area contributed by atoms with Crippen molar-refractivity contribution in [2.45, 2.75) is 25.7 Å². The molecule has 0 aliphatic heterocycles. The molecule has 4 rings (SSSR count). The fraction of sp³-hybridized carbons (Fsp3) is 0.297. The second-order valence-corrected chi connectivity index (χ2v) is 12.4. The second-order valence-electron chi connectivity index (χ2n) is 11.3. The van der Waals surface area contributed by atoms with Gasteiger partial charge in [-0.3, -0.25) is 4.18 Å². The molecule has 8 nitrogen and oxygen atoms in total. The molecular weight excluding hydrogens is 596 g/mol. The quantitative estimate of drug-likeness (QED) is 0.0737. The first-order valence-corrected chi connectivity index (χ1v) is 16.8. The van der Waals surface area contributed by atoms with Crippen LogP contribution in [0.5, 0.6) is 0 Å². The van der Waals surface area contributed by atoms with Crippen molar-refractivity contribution in [3.63, 3.8) is 0 Å². The lowest BCUT2D eigenvalue weighted by molar-refractivity contribution is -0.671. The first kappa shape index (κ1) is 36.2. The molecule has 244 valence electrons. The van der Waals surface area contributed by atoms with Crippen LogP contribution in [0.3, 0.4) is 0 Å². The van der Waals surface area contributed by atoms with Gasteiger partial charge in [-0.1, -0.05) is 61.4 Å². The standard InChI is InChI=1S/C36H44N4.CH4O4S/c1-37-27-21-33(22-28-37)11-9-31-13-17-35(18-14-31)39(3)25-7-5-6-8-26-40(4)36-19-15-32(16-20-36)10-12-34-23-29-38(2)30-24-34;1-5-6(2,3)4/h9-24,27-30H,5-8,25-26H2,1-4H3;1H3,(H,2,3,4)/q+2;/p-1. The molecule has 2 aromatic heterocycles. The minimum absolute atomic E-state index is 0.808. The van der Waals surface area contributed by atoms with Crippen LogP contribution in [0, 0.1) is 0 Å². The van der Waals surface area contributed by atoms with Gasteiger partial charge in [0.1, 0.15) is 14.1 Å². The van der Waals surface area contributed by atoms with Crippen LogP contribution in [0.4, 0.5) is 11.4 Å². The highest BCUT2D eigenvalue weighted by Crippen LogP contribution is 2.18. The third kappa shape index (κ3) is 13.8. The average molecular weight is 644 g/mol. The predicted molar refractivity (Wildman–Crippen MR) is 188 cm³/mol. The molecule has 0 radical (unpaired) electrons. The number of aryl methyl sites for hydroxylation is 2. The van der Waals surface area contributed by atoms with E-state index in [1.165, 1.54) is 59.3 Å². The molecule has 0 amide bonds. The van der Waals surface area contributed by atoms with Crippen LogP contribution in [0.25, 0.3) is 24.3 Å². The lowest BCUT2D eigenvalue weighted by Gasteiger charge is -2.20. The van der Waals surface area contributed by atoms with Crippen molar-refractivity contribution in [3.05, 3.63) is 120 Å². The maximum atomic E-state index is 9.22. The number of unbranched alkanes of at least 4 members (excludes halogenated alkanes) is 3. The smallest absolute Gasteiger partial charge is 0.217 e. The van der Waals surface area contributed by atoms with E-state index in [1.54, 1.807) is 0 Å². The van der Waals surface area contributed by atoms with Gasteiger partial charge in [-0.2, -0.15) is 0 Å². The molecule has 9 heteroatoms. The monoisotopic (exact) mass is 643 g/mol. The van der Waals surface area contributed by atoms with Crippen molar-refractivity contribution in [1.29, 1.82) is 0 Å². The van der Waals surface area contributed by atoms with E-state index in [2.05, 4.69) is 150 Å². The van der Waals surface area contributed by atoms with Crippen LogP contribution in [-0.4, -0.2) is 47.3 Å². The Balaban J connectivity index is 0.000000875. The summed E-state index contributed by atoms with van der Waals surface area (Å²) >= 11 is 0. The third-order valence-corrected chi connectivity index (χ3v) is 7.96. The summed E-state index contributed by atoms with van der Waals surface area (Å²) in [5.74, 6) is 0. The van der Waals surface area contributed by atoms with E-state index in [0.717, 1.165) is 20.2 Å². The fourth-order valence-corrected chi connectivity index (χ4v) is 4.62. The van der Waals surface area contributed by atoms with Gasteiger partial charge in [0.25, 0.3) is 0 Å². The number of aromatic nitrogens is 2. The molecule has 0 atom stereocenters. The minimum atomic E-state index is -4.41. The summed E-state index contributed by atoms with van der Waals surface area (Å²) in [7, 11) is 4.86. The van der Waals surface area contributed by atoms with Gasteiger partial charge >= 0.3 is 0 Å². The number of hydrogen-bond donors (Lipinski definition) is 0. The van der Waals surface area contributed by atoms with E-state index in [-0.39, 0.29) is 0 Å². The van der Waals surface area contributed by atoms with Crippen molar-refractivity contribution in [2.75, 3.05) is 44.1 Å². The van der Waals surface area contributed by atoms with E-state index in [9.17, 15) is 13.0 Å². The third-order valence-electron chi connectivity index (χ3n) is 7.55. The number of anilines is 2. The summed E-state index contributed by atoms with van der Waals surface area (Å²) in [5.41, 5.74) is 7.43. The Bertz CT molecular complexity index is 1510. The van der Waals surface area contributed by atoms with Gasteiger partial charge in [0.2, 0.25) is 10.4 Å². The zero-order chi connectivity index (χ0) is 33.4. The summed E-state index contributed by atoms with van der Waals surface area (Å²) in [4.78, 5) is 4.73. The van der Waals surface area contributed by atoms with E-state index in [0.29, 0.717) is 0 Å². The van der Waals surface area contributed by atoms with E-state index >= 15 is 0 Å². The Morgan fingerprint density at radius 1 is 0.587 bits per heavy atom. The van der Waals surface area contributed by atoms with Crippen LogP contribution in [0.1, 0.15) is 47.9 Å². The SMILES string of the molecule is CN(CCCCCCN(C)c1ccc(/C=C/c2cc[n+](C)cc2)cc1)c1ccc(/C=C/c2cc[n+](C)cc2)cc1.COS(=O)(=O)[O-]. The number of rotatable bonds is 14. The van der Waals surface area contributed by atoms with E-state index in [1.807, 2.05) is 23.2 Å². The highest BCUT2D eigenvalue weighted by molar-refractivity contribution is 7.80. The highest BCUT2D eigenvalue weighted by Gasteiger charge is 2.03. The topological polar surface area (TPSA) is 80.7 Å². The van der Waals surface area contributed by atoms with Crippen molar-refractivity contribution in [3.8, 4) is 0 Å². The number of benzene rings is 2. The largest absolute Gasteiger partial charge is 0.726 e. The molecule has 0 saturated carbocycles. The first-order chi connectivity index (χ1) is 22.0. The molecule has 0 unspecified atom stereocenters. The van der Waals surface area contributed by atoms with Crippen molar-refractivity contribution in [1.82, 2.24) is 0 Å². The lowest BCUT2D eigenvalue weighted by Crippen LogP contribution is -2.25. The van der Waals surface area contributed by atoms with Crippen molar-refractivity contribution >= 4 is 46.1 Å². The molecule has 0 saturated heterocycles. The van der Waals surface area contributed by atoms with Crippen LogP contribution in [0.2, 0.25) is 0 Å². The summed E-state index contributed by atoms with van der Waals surface area (Å²) in [6.45, 7) is 2.17. The summed E-state index contributed by atoms with van der Waals surface area (Å²) < 4.78 is 35.1. The normalized spacial score (nSPS) is 11.4. The summed E-state index contributed by atoms with van der Waals surface area (Å²) in [6, 6.07) is 26.2. The molecule has 0 spiro atoms. The maximum Gasteiger partial charge on any atom is 0.217 e. The highest BCUT2D eigenvalue weighted by atomic mass is 32.3.